The molecule has 92 valence electrons. The zero-order chi connectivity index (χ0) is 13.1. The van der Waals surface area contributed by atoms with Gasteiger partial charge in [-0.15, -0.1) is 11.8 Å². The van der Waals surface area contributed by atoms with Crippen LogP contribution in [0.25, 0.3) is 11.1 Å². The predicted molar refractivity (Wildman–Crippen MR) is 75.8 cm³/mol. The fourth-order valence-corrected chi connectivity index (χ4v) is 2.54. The molecular weight excluding hydrogens is 316 g/mol. The van der Waals surface area contributed by atoms with Crippen LogP contribution in [0, 0.1) is 10.1 Å². The van der Waals surface area contributed by atoms with Crippen LogP contribution in [0.1, 0.15) is 0 Å². The molecule has 0 saturated carbocycles. The highest BCUT2D eigenvalue weighted by Gasteiger charge is 2.11. The first-order valence-electron chi connectivity index (χ1n) is 5.05. The molecular formula is C12H9BrN2O2S. The van der Waals surface area contributed by atoms with Gasteiger partial charge in [-0.25, -0.2) is 0 Å². The van der Waals surface area contributed by atoms with Crippen LogP contribution in [-0.4, -0.2) is 16.2 Å². The summed E-state index contributed by atoms with van der Waals surface area (Å²) < 4.78 is 0.932. The second-order valence-electron chi connectivity index (χ2n) is 3.53. The van der Waals surface area contributed by atoms with Gasteiger partial charge in [0, 0.05) is 27.2 Å². The molecule has 0 spiro atoms. The lowest BCUT2D eigenvalue weighted by atomic mass is 10.1. The molecule has 0 unspecified atom stereocenters. The third kappa shape index (κ3) is 2.70. The summed E-state index contributed by atoms with van der Waals surface area (Å²) in [5.74, 6) is 0. The number of rotatable bonds is 3. The van der Waals surface area contributed by atoms with Gasteiger partial charge >= 0.3 is 0 Å². The number of hydrogen-bond acceptors (Lipinski definition) is 4. The van der Waals surface area contributed by atoms with Gasteiger partial charge < -0.3 is 0 Å². The Morgan fingerprint density at radius 3 is 2.78 bits per heavy atom. The number of halogens is 1. The maximum absolute atomic E-state index is 10.8. The fraction of sp³-hybridized carbons (Fsp3) is 0.0833. The van der Waals surface area contributed by atoms with E-state index in [1.54, 1.807) is 18.0 Å². The minimum atomic E-state index is -0.437. The van der Waals surface area contributed by atoms with Crippen molar-refractivity contribution in [3.63, 3.8) is 0 Å². The number of pyridine rings is 1. The van der Waals surface area contributed by atoms with Crippen LogP contribution in [0.2, 0.25) is 0 Å². The summed E-state index contributed by atoms with van der Waals surface area (Å²) in [6, 6.07) is 7.39. The number of benzene rings is 1. The van der Waals surface area contributed by atoms with Gasteiger partial charge in [0.1, 0.15) is 6.20 Å². The summed E-state index contributed by atoms with van der Waals surface area (Å²) in [6.45, 7) is 0. The molecule has 0 amide bonds. The number of nitrogens with zero attached hydrogens (tertiary/aromatic N) is 2. The average molecular weight is 325 g/mol. The standard InChI is InChI=1S/C12H9BrN2O2S/c1-18-12-3-2-9(13)5-11(12)8-4-10(15(16)17)7-14-6-8/h2-7H,1H3. The monoisotopic (exact) mass is 324 g/mol. The van der Waals surface area contributed by atoms with E-state index < -0.39 is 4.92 Å². The van der Waals surface area contributed by atoms with Crippen molar-refractivity contribution in [2.75, 3.05) is 6.26 Å². The summed E-state index contributed by atoms with van der Waals surface area (Å²) in [5, 5.41) is 10.8. The summed E-state index contributed by atoms with van der Waals surface area (Å²) >= 11 is 5.00. The minimum Gasteiger partial charge on any atom is -0.258 e. The highest BCUT2D eigenvalue weighted by molar-refractivity contribution is 9.10. The van der Waals surface area contributed by atoms with Crippen LogP contribution >= 0.6 is 27.7 Å². The summed E-state index contributed by atoms with van der Waals surface area (Å²) in [6.07, 6.45) is 4.85. The third-order valence-corrected chi connectivity index (χ3v) is 3.70. The predicted octanol–water partition coefficient (Wildman–Crippen LogP) is 4.14. The van der Waals surface area contributed by atoms with Gasteiger partial charge in [-0.2, -0.15) is 0 Å². The van der Waals surface area contributed by atoms with E-state index >= 15 is 0 Å². The van der Waals surface area contributed by atoms with E-state index in [-0.39, 0.29) is 5.69 Å². The molecule has 0 radical (unpaired) electrons. The molecule has 0 N–H and O–H groups in total. The molecule has 0 aliphatic rings. The van der Waals surface area contributed by atoms with Gasteiger partial charge in [0.05, 0.1) is 4.92 Å². The van der Waals surface area contributed by atoms with E-state index in [1.165, 1.54) is 12.3 Å². The molecule has 2 aromatic rings. The van der Waals surface area contributed by atoms with Crippen LogP contribution in [0.15, 0.2) is 46.0 Å². The molecule has 0 saturated heterocycles. The maximum atomic E-state index is 10.8. The van der Waals surface area contributed by atoms with Crippen molar-refractivity contribution in [1.82, 2.24) is 4.98 Å². The second-order valence-corrected chi connectivity index (χ2v) is 5.30. The zero-order valence-corrected chi connectivity index (χ0v) is 11.9. The number of hydrogen-bond donors (Lipinski definition) is 0. The molecule has 4 nitrogen and oxygen atoms in total. The lowest BCUT2D eigenvalue weighted by Gasteiger charge is -2.07. The molecule has 0 aliphatic carbocycles. The molecule has 1 aromatic carbocycles. The molecule has 6 heteroatoms. The Hall–Kier alpha value is -1.40. The Labute approximate surface area is 117 Å². The van der Waals surface area contributed by atoms with E-state index in [2.05, 4.69) is 20.9 Å². The van der Waals surface area contributed by atoms with Crippen LogP contribution in [0.3, 0.4) is 0 Å². The van der Waals surface area contributed by atoms with Crippen LogP contribution < -0.4 is 0 Å². The van der Waals surface area contributed by atoms with E-state index in [0.29, 0.717) is 0 Å². The number of nitro groups is 1. The molecule has 18 heavy (non-hydrogen) atoms. The van der Waals surface area contributed by atoms with Gasteiger partial charge in [-0.1, -0.05) is 15.9 Å². The van der Waals surface area contributed by atoms with Crippen LogP contribution in [0.4, 0.5) is 5.69 Å². The highest BCUT2D eigenvalue weighted by atomic mass is 79.9. The number of thioether (sulfide) groups is 1. The van der Waals surface area contributed by atoms with E-state index in [4.69, 9.17) is 0 Å². The lowest BCUT2D eigenvalue weighted by molar-refractivity contribution is -0.385. The van der Waals surface area contributed by atoms with Gasteiger partial charge in [-0.3, -0.25) is 15.1 Å². The molecule has 0 fully saturated rings. The number of aromatic nitrogens is 1. The normalized spacial score (nSPS) is 10.3. The Balaban J connectivity index is 2.57. The van der Waals surface area contributed by atoms with Crippen molar-refractivity contribution in [2.45, 2.75) is 4.90 Å². The largest absolute Gasteiger partial charge is 0.288 e. The third-order valence-electron chi connectivity index (χ3n) is 2.41. The van der Waals surface area contributed by atoms with Crippen molar-refractivity contribution in [3.05, 3.63) is 51.2 Å². The van der Waals surface area contributed by atoms with Gasteiger partial charge in [0.25, 0.3) is 5.69 Å². The highest BCUT2D eigenvalue weighted by Crippen LogP contribution is 2.33. The van der Waals surface area contributed by atoms with Crippen molar-refractivity contribution in [3.8, 4) is 11.1 Å². The molecule has 1 aromatic heterocycles. The van der Waals surface area contributed by atoms with Crippen LogP contribution in [-0.2, 0) is 0 Å². The van der Waals surface area contributed by atoms with E-state index in [0.717, 1.165) is 20.5 Å². The molecule has 0 atom stereocenters. The quantitative estimate of drug-likeness (QED) is 0.483. The SMILES string of the molecule is CSc1ccc(Br)cc1-c1cncc([N+](=O)[O-])c1. The lowest BCUT2D eigenvalue weighted by Crippen LogP contribution is -1.91. The fourth-order valence-electron chi connectivity index (χ4n) is 1.58. The van der Waals surface area contributed by atoms with E-state index in [1.807, 2.05) is 24.5 Å². The van der Waals surface area contributed by atoms with Gasteiger partial charge in [0.15, 0.2) is 0 Å². The first kappa shape index (κ1) is 13.0. The van der Waals surface area contributed by atoms with Crippen molar-refractivity contribution in [1.29, 1.82) is 0 Å². The Morgan fingerprint density at radius 1 is 1.33 bits per heavy atom. The minimum absolute atomic E-state index is 0.000437. The Morgan fingerprint density at radius 2 is 2.11 bits per heavy atom. The Bertz CT molecular complexity index is 604. The molecule has 1 heterocycles. The molecule has 0 bridgehead atoms. The maximum Gasteiger partial charge on any atom is 0.288 e. The molecule has 0 aliphatic heterocycles. The van der Waals surface area contributed by atoms with Gasteiger partial charge in [-0.05, 0) is 30.0 Å². The van der Waals surface area contributed by atoms with Crippen molar-refractivity contribution in [2.24, 2.45) is 0 Å². The summed E-state index contributed by atoms with van der Waals surface area (Å²) in [4.78, 5) is 15.3. The van der Waals surface area contributed by atoms with Crippen molar-refractivity contribution < 1.29 is 4.92 Å². The summed E-state index contributed by atoms with van der Waals surface area (Å²) in [7, 11) is 0. The van der Waals surface area contributed by atoms with E-state index in [9.17, 15) is 10.1 Å². The van der Waals surface area contributed by atoms with Crippen LogP contribution in [0.5, 0.6) is 0 Å². The summed E-state index contributed by atoms with van der Waals surface area (Å²) in [5.41, 5.74) is 1.68. The van der Waals surface area contributed by atoms with Gasteiger partial charge in [0.2, 0.25) is 0 Å². The molecule has 2 rings (SSSR count). The average Bonchev–Trinajstić information content (AvgIpc) is 2.39. The first-order valence-corrected chi connectivity index (χ1v) is 7.07. The topological polar surface area (TPSA) is 56.0 Å². The Kier molecular flexibility index (Phi) is 3.98. The first-order chi connectivity index (χ1) is 8.61. The van der Waals surface area contributed by atoms with Crippen molar-refractivity contribution >= 4 is 33.4 Å². The smallest absolute Gasteiger partial charge is 0.258 e. The second kappa shape index (κ2) is 5.49. The zero-order valence-electron chi connectivity index (χ0n) is 9.46.